The lowest BCUT2D eigenvalue weighted by molar-refractivity contribution is -0.301. The maximum absolute atomic E-state index is 12.4. The fraction of sp³-hybridized carbons (Fsp3) is 0.222. The molecule has 0 saturated carbocycles. The van der Waals surface area contributed by atoms with Crippen LogP contribution in [0, 0.1) is 0 Å². The van der Waals surface area contributed by atoms with Crippen LogP contribution in [-0.4, -0.2) is 17.4 Å². The molecule has 0 aliphatic carbocycles. The number of carbonyl (C=O) groups is 2. The highest BCUT2D eigenvalue weighted by Gasteiger charge is 2.17. The van der Waals surface area contributed by atoms with E-state index in [1.54, 1.807) is 57.2 Å². The maximum Gasteiger partial charge on any atom is 0.373 e. The van der Waals surface area contributed by atoms with Gasteiger partial charge in [0, 0.05) is 16.8 Å². The number of hydrogen-bond acceptors (Lipinski definition) is 5. The van der Waals surface area contributed by atoms with Crippen molar-refractivity contribution < 1.29 is 19.4 Å². The van der Waals surface area contributed by atoms with Crippen LogP contribution in [0.3, 0.4) is 0 Å². The van der Waals surface area contributed by atoms with Crippen molar-refractivity contribution in [3.05, 3.63) is 65.2 Å². The van der Waals surface area contributed by atoms with Gasteiger partial charge in [0.2, 0.25) is 0 Å². The highest BCUT2D eigenvalue weighted by atomic mass is 17.2. The lowest BCUT2D eigenvalue weighted by Gasteiger charge is -2.16. The number of nitrogen functional groups attached to an aromatic ring is 1. The maximum atomic E-state index is 12.4. The molecule has 0 saturated heterocycles. The van der Waals surface area contributed by atoms with Crippen molar-refractivity contribution in [2.45, 2.75) is 26.4 Å². The second-order valence-electron chi connectivity index (χ2n) is 6.06. The summed E-state index contributed by atoms with van der Waals surface area (Å²) in [6.07, 6.45) is 0. The highest BCUT2D eigenvalue weighted by molar-refractivity contribution is 6.12. The Kier molecular flexibility index (Phi) is 4.81. The molecule has 0 heterocycles. The molecule has 0 radical (unpaired) electrons. The minimum atomic E-state index is -0.613. The van der Waals surface area contributed by atoms with Gasteiger partial charge in [-0.2, -0.15) is 4.89 Å². The minimum Gasteiger partial charge on any atom is -0.398 e. The van der Waals surface area contributed by atoms with E-state index in [-0.39, 0.29) is 5.78 Å². The minimum absolute atomic E-state index is 0.200. The predicted octanol–water partition coefficient (Wildman–Crippen LogP) is 3.39. The fourth-order valence-corrected chi connectivity index (χ4v) is 1.83. The molecule has 0 unspecified atom stereocenters. The van der Waals surface area contributed by atoms with Crippen molar-refractivity contribution in [3.8, 4) is 0 Å². The third-order valence-corrected chi connectivity index (χ3v) is 2.96. The van der Waals surface area contributed by atoms with Crippen LogP contribution in [0.2, 0.25) is 0 Å². The van der Waals surface area contributed by atoms with Gasteiger partial charge < -0.3 is 5.73 Å². The Morgan fingerprint density at radius 2 is 1.48 bits per heavy atom. The number of carbonyl (C=O) groups excluding carboxylic acids is 2. The zero-order valence-corrected chi connectivity index (χ0v) is 13.3. The summed E-state index contributed by atoms with van der Waals surface area (Å²) in [6.45, 7) is 5.31. The molecule has 0 atom stereocenters. The Labute approximate surface area is 134 Å². The second-order valence-corrected chi connectivity index (χ2v) is 6.06. The molecule has 0 aromatic heterocycles. The molecule has 2 rings (SSSR count). The van der Waals surface area contributed by atoms with E-state index in [4.69, 9.17) is 15.5 Å². The summed E-state index contributed by atoms with van der Waals surface area (Å²) in [7, 11) is 0. The molecule has 2 N–H and O–H groups in total. The number of ketones is 1. The van der Waals surface area contributed by atoms with Gasteiger partial charge in [-0.15, -0.1) is 0 Å². The summed E-state index contributed by atoms with van der Waals surface area (Å²) < 4.78 is 0. The van der Waals surface area contributed by atoms with E-state index in [0.29, 0.717) is 22.4 Å². The van der Waals surface area contributed by atoms with E-state index in [1.807, 2.05) is 0 Å². The van der Waals surface area contributed by atoms with Crippen LogP contribution in [0.25, 0.3) is 0 Å². The first kappa shape index (κ1) is 16.7. The Balaban J connectivity index is 2.12. The molecule has 120 valence electrons. The molecule has 0 aliphatic heterocycles. The molecule has 5 heteroatoms. The summed E-state index contributed by atoms with van der Waals surface area (Å²) in [5, 5.41) is 0. The average molecular weight is 313 g/mol. The fourth-order valence-electron chi connectivity index (χ4n) is 1.83. The molecular formula is C18H19NO4. The molecule has 2 aromatic carbocycles. The monoisotopic (exact) mass is 313 g/mol. The number of rotatable bonds is 4. The molecule has 0 amide bonds. The van der Waals surface area contributed by atoms with Gasteiger partial charge in [-0.25, -0.2) is 4.79 Å². The summed E-state index contributed by atoms with van der Waals surface area (Å²) in [5.74, 6) is -0.813. The van der Waals surface area contributed by atoms with Crippen molar-refractivity contribution in [2.24, 2.45) is 0 Å². The van der Waals surface area contributed by atoms with E-state index in [1.165, 1.54) is 12.1 Å². The highest BCUT2D eigenvalue weighted by Crippen LogP contribution is 2.17. The van der Waals surface area contributed by atoms with Crippen LogP contribution < -0.4 is 5.73 Å². The van der Waals surface area contributed by atoms with Crippen LogP contribution >= 0.6 is 0 Å². The summed E-state index contributed by atoms with van der Waals surface area (Å²) in [5.41, 5.74) is 6.80. The lowest BCUT2D eigenvalue weighted by atomic mass is 10.0. The third-order valence-electron chi connectivity index (χ3n) is 2.96. The average Bonchev–Trinajstić information content (AvgIpc) is 2.52. The Hall–Kier alpha value is -2.66. The summed E-state index contributed by atoms with van der Waals surface area (Å²) in [6, 6.07) is 13.0. The van der Waals surface area contributed by atoms with Gasteiger partial charge in [0.1, 0.15) is 5.60 Å². The lowest BCUT2D eigenvalue weighted by Crippen LogP contribution is -2.22. The van der Waals surface area contributed by atoms with Crippen LogP contribution in [0.5, 0.6) is 0 Å². The quantitative estimate of drug-likeness (QED) is 0.405. The number of anilines is 1. The van der Waals surface area contributed by atoms with Crippen molar-refractivity contribution in [1.29, 1.82) is 0 Å². The summed E-state index contributed by atoms with van der Waals surface area (Å²) >= 11 is 0. The van der Waals surface area contributed by atoms with Crippen LogP contribution in [0.4, 0.5) is 5.69 Å². The molecule has 0 bridgehead atoms. The Bertz CT molecular complexity index is 715. The number of para-hydroxylation sites is 1. The van der Waals surface area contributed by atoms with E-state index in [0.717, 1.165) is 0 Å². The smallest absolute Gasteiger partial charge is 0.373 e. The molecule has 23 heavy (non-hydrogen) atoms. The Morgan fingerprint density at radius 3 is 2.04 bits per heavy atom. The van der Waals surface area contributed by atoms with Gasteiger partial charge in [-0.3, -0.25) is 9.68 Å². The predicted molar refractivity (Wildman–Crippen MR) is 87.0 cm³/mol. The first-order valence-electron chi connectivity index (χ1n) is 7.17. The normalized spacial score (nSPS) is 11.1. The second kappa shape index (κ2) is 6.62. The third kappa shape index (κ3) is 4.40. The van der Waals surface area contributed by atoms with Gasteiger partial charge >= 0.3 is 5.97 Å². The largest absolute Gasteiger partial charge is 0.398 e. The molecule has 0 fully saturated rings. The van der Waals surface area contributed by atoms with E-state index in [9.17, 15) is 9.59 Å². The number of nitrogens with two attached hydrogens (primary N) is 1. The van der Waals surface area contributed by atoms with Crippen molar-refractivity contribution >= 4 is 17.4 Å². The zero-order chi connectivity index (χ0) is 17.0. The van der Waals surface area contributed by atoms with Gasteiger partial charge in [0.05, 0.1) is 5.56 Å². The van der Waals surface area contributed by atoms with E-state index in [2.05, 4.69) is 0 Å². The van der Waals surface area contributed by atoms with Gasteiger partial charge in [-0.05, 0) is 45.0 Å². The van der Waals surface area contributed by atoms with Gasteiger partial charge in [-0.1, -0.05) is 24.3 Å². The topological polar surface area (TPSA) is 78.6 Å². The van der Waals surface area contributed by atoms with Crippen molar-refractivity contribution in [1.82, 2.24) is 0 Å². The van der Waals surface area contributed by atoms with Crippen LogP contribution in [0.15, 0.2) is 48.5 Å². The molecule has 0 spiro atoms. The van der Waals surface area contributed by atoms with E-state index < -0.39 is 11.6 Å². The molecular weight excluding hydrogens is 294 g/mol. The molecule has 5 nitrogen and oxygen atoms in total. The van der Waals surface area contributed by atoms with Gasteiger partial charge in [0.25, 0.3) is 0 Å². The standard InChI is InChI=1S/C18H19NO4/c1-18(2,3)23-22-17(21)13-10-8-12(9-11-13)16(20)14-6-4-5-7-15(14)19/h4-11H,19H2,1-3H3. The number of benzene rings is 2. The van der Waals surface area contributed by atoms with E-state index >= 15 is 0 Å². The Morgan fingerprint density at radius 1 is 0.913 bits per heavy atom. The van der Waals surface area contributed by atoms with Crippen LogP contribution in [-0.2, 0) is 9.78 Å². The number of hydrogen-bond donors (Lipinski definition) is 1. The van der Waals surface area contributed by atoms with Crippen LogP contribution in [0.1, 0.15) is 47.1 Å². The first-order chi connectivity index (χ1) is 10.8. The molecule has 2 aromatic rings. The zero-order valence-electron chi connectivity index (χ0n) is 13.3. The summed E-state index contributed by atoms with van der Waals surface area (Å²) in [4.78, 5) is 34.0. The molecule has 0 aliphatic rings. The first-order valence-corrected chi connectivity index (χ1v) is 7.17. The van der Waals surface area contributed by atoms with Crippen molar-refractivity contribution in [3.63, 3.8) is 0 Å². The van der Waals surface area contributed by atoms with Gasteiger partial charge in [0.15, 0.2) is 5.78 Å². The SMILES string of the molecule is CC(C)(C)OOC(=O)c1ccc(C(=O)c2ccccc2N)cc1. The van der Waals surface area contributed by atoms with Crippen molar-refractivity contribution in [2.75, 3.05) is 5.73 Å².